The number of carbonyl (C=O) groups is 2. The number of fused-ring (bicyclic) bond motifs is 1. The first-order chi connectivity index (χ1) is 14.2. The number of rotatable bonds is 3. The molecule has 2 aliphatic rings. The van der Waals surface area contributed by atoms with E-state index in [9.17, 15) is 9.59 Å². The molecule has 3 heterocycles. The Bertz CT molecular complexity index is 1070. The monoisotopic (exact) mass is 385 g/mol. The molecule has 0 unspecified atom stereocenters. The third-order valence-corrected chi connectivity index (χ3v) is 5.51. The molecule has 0 spiro atoms. The van der Waals surface area contributed by atoms with Crippen LogP contribution in [0.1, 0.15) is 17.2 Å². The normalized spacial score (nSPS) is 23.6. The van der Waals surface area contributed by atoms with E-state index in [0.29, 0.717) is 5.69 Å². The van der Waals surface area contributed by atoms with E-state index in [0.717, 1.165) is 16.8 Å². The number of amides is 2. The number of pyridine rings is 1. The number of aromatic nitrogens is 1. The molecule has 0 N–H and O–H groups in total. The van der Waals surface area contributed by atoms with Gasteiger partial charge in [0.25, 0.3) is 5.91 Å². The number of nitrogens with zero attached hydrogens (tertiary/aromatic N) is 3. The summed E-state index contributed by atoms with van der Waals surface area (Å²) in [4.78, 5) is 38.3. The van der Waals surface area contributed by atoms with Crippen molar-refractivity contribution in [2.24, 2.45) is 5.92 Å². The molecule has 0 saturated carbocycles. The van der Waals surface area contributed by atoms with Crippen molar-refractivity contribution >= 4 is 23.2 Å². The highest BCUT2D eigenvalue weighted by Crippen LogP contribution is 2.47. The first kappa shape index (κ1) is 17.6. The van der Waals surface area contributed by atoms with E-state index < -0.39 is 18.1 Å². The summed E-state index contributed by atoms with van der Waals surface area (Å²) < 4.78 is 0. The number of anilines is 2. The highest BCUT2D eigenvalue weighted by atomic mass is 16.7. The van der Waals surface area contributed by atoms with Crippen LogP contribution in [0.4, 0.5) is 11.4 Å². The van der Waals surface area contributed by atoms with Gasteiger partial charge in [0.15, 0.2) is 6.10 Å². The molecule has 3 aromatic rings. The van der Waals surface area contributed by atoms with Crippen molar-refractivity contribution in [1.29, 1.82) is 0 Å². The van der Waals surface area contributed by atoms with Crippen molar-refractivity contribution in [3.8, 4) is 0 Å². The van der Waals surface area contributed by atoms with Crippen LogP contribution in [-0.4, -0.2) is 22.9 Å². The standard InChI is InChI=1S/C23H19N3O3/c1-15-8-5-6-12-18(15)25-22(27)19-20(16-9-7-13-24-14-16)26(29-21(19)23(25)28)17-10-3-2-4-11-17/h2-14,19-21H,1H3/t19-,20-,21+/m0/s1. The first-order valence-electron chi connectivity index (χ1n) is 9.51. The summed E-state index contributed by atoms with van der Waals surface area (Å²) in [5, 5.41) is 1.68. The molecule has 6 heteroatoms. The molecule has 1 aromatic heterocycles. The number of hydroxylamine groups is 1. The Hall–Kier alpha value is -3.51. The minimum absolute atomic E-state index is 0.249. The maximum Gasteiger partial charge on any atom is 0.266 e. The van der Waals surface area contributed by atoms with E-state index in [2.05, 4.69) is 4.98 Å². The van der Waals surface area contributed by atoms with Gasteiger partial charge in [-0.2, -0.15) is 0 Å². The zero-order valence-corrected chi connectivity index (χ0v) is 15.8. The van der Waals surface area contributed by atoms with Crippen molar-refractivity contribution in [2.45, 2.75) is 19.1 Å². The van der Waals surface area contributed by atoms with Gasteiger partial charge in [-0.1, -0.05) is 42.5 Å². The molecule has 0 bridgehead atoms. The summed E-state index contributed by atoms with van der Waals surface area (Å²) in [5.41, 5.74) is 3.10. The van der Waals surface area contributed by atoms with Gasteiger partial charge in [-0.15, -0.1) is 0 Å². The fourth-order valence-corrected chi connectivity index (χ4v) is 4.15. The molecule has 29 heavy (non-hydrogen) atoms. The molecule has 3 atom stereocenters. The molecule has 0 radical (unpaired) electrons. The highest BCUT2D eigenvalue weighted by molar-refractivity contribution is 6.24. The maximum absolute atomic E-state index is 13.5. The second-order valence-corrected chi connectivity index (χ2v) is 7.24. The predicted molar refractivity (Wildman–Crippen MR) is 108 cm³/mol. The summed E-state index contributed by atoms with van der Waals surface area (Å²) in [6.45, 7) is 1.89. The molecular formula is C23H19N3O3. The molecule has 2 fully saturated rings. The van der Waals surface area contributed by atoms with Crippen molar-refractivity contribution in [3.05, 3.63) is 90.3 Å². The van der Waals surface area contributed by atoms with Gasteiger partial charge in [-0.05, 0) is 42.3 Å². The van der Waals surface area contributed by atoms with Crippen molar-refractivity contribution in [2.75, 3.05) is 9.96 Å². The Balaban J connectivity index is 1.60. The summed E-state index contributed by atoms with van der Waals surface area (Å²) in [6, 6.07) is 20.2. The zero-order valence-electron chi connectivity index (χ0n) is 15.8. The minimum Gasteiger partial charge on any atom is -0.273 e. The van der Waals surface area contributed by atoms with Crippen molar-refractivity contribution < 1.29 is 14.4 Å². The van der Waals surface area contributed by atoms with E-state index in [4.69, 9.17) is 4.84 Å². The number of para-hydroxylation sites is 2. The third-order valence-electron chi connectivity index (χ3n) is 5.51. The average molecular weight is 385 g/mol. The van der Waals surface area contributed by atoms with Crippen LogP contribution in [0.25, 0.3) is 0 Å². The number of hydrogen-bond acceptors (Lipinski definition) is 5. The second kappa shape index (κ2) is 6.83. The van der Waals surface area contributed by atoms with Crippen LogP contribution in [0.5, 0.6) is 0 Å². The Morgan fingerprint density at radius 3 is 2.38 bits per heavy atom. The lowest BCUT2D eigenvalue weighted by atomic mass is 9.91. The lowest BCUT2D eigenvalue weighted by Crippen LogP contribution is -2.37. The molecule has 6 nitrogen and oxygen atoms in total. The topological polar surface area (TPSA) is 62.7 Å². The zero-order chi connectivity index (χ0) is 20.0. The quantitative estimate of drug-likeness (QED) is 0.647. The summed E-state index contributed by atoms with van der Waals surface area (Å²) in [6.07, 6.45) is 2.54. The molecule has 0 aliphatic carbocycles. The van der Waals surface area contributed by atoms with E-state index in [1.807, 2.05) is 67.6 Å². The van der Waals surface area contributed by atoms with Gasteiger partial charge in [0, 0.05) is 12.4 Å². The number of carbonyl (C=O) groups excluding carboxylic acids is 2. The van der Waals surface area contributed by atoms with Gasteiger partial charge in [-0.25, -0.2) is 9.96 Å². The van der Waals surface area contributed by atoms with E-state index in [1.165, 1.54) is 4.90 Å². The van der Waals surface area contributed by atoms with Crippen LogP contribution in [0.15, 0.2) is 79.1 Å². The average Bonchev–Trinajstić information content (AvgIpc) is 3.26. The SMILES string of the molecule is Cc1ccccc1N1C(=O)[C@@H]2[C@@H](ON(c3ccccc3)[C@H]2c2cccnc2)C1=O. The van der Waals surface area contributed by atoms with Gasteiger partial charge in [-0.3, -0.25) is 19.4 Å². The summed E-state index contributed by atoms with van der Waals surface area (Å²) in [7, 11) is 0. The van der Waals surface area contributed by atoms with E-state index in [1.54, 1.807) is 23.5 Å². The fraction of sp³-hybridized carbons (Fsp3) is 0.174. The van der Waals surface area contributed by atoms with Crippen LogP contribution in [0.2, 0.25) is 0 Å². The van der Waals surface area contributed by atoms with Gasteiger partial charge < -0.3 is 0 Å². The van der Waals surface area contributed by atoms with Crippen LogP contribution in [0, 0.1) is 12.8 Å². The van der Waals surface area contributed by atoms with Crippen LogP contribution in [0.3, 0.4) is 0 Å². The van der Waals surface area contributed by atoms with Crippen molar-refractivity contribution in [1.82, 2.24) is 4.98 Å². The largest absolute Gasteiger partial charge is 0.273 e. The number of benzene rings is 2. The second-order valence-electron chi connectivity index (χ2n) is 7.24. The molecule has 2 aromatic carbocycles. The van der Waals surface area contributed by atoms with Gasteiger partial charge in [0.1, 0.15) is 5.92 Å². The van der Waals surface area contributed by atoms with Gasteiger partial charge in [0.05, 0.1) is 17.4 Å². The third kappa shape index (κ3) is 2.72. The predicted octanol–water partition coefficient (Wildman–Crippen LogP) is 3.44. The van der Waals surface area contributed by atoms with Crippen LogP contribution in [-0.2, 0) is 14.4 Å². The molecule has 144 valence electrons. The smallest absolute Gasteiger partial charge is 0.266 e. The maximum atomic E-state index is 13.5. The van der Waals surface area contributed by atoms with Gasteiger partial charge >= 0.3 is 0 Å². The van der Waals surface area contributed by atoms with Crippen molar-refractivity contribution in [3.63, 3.8) is 0 Å². The summed E-state index contributed by atoms with van der Waals surface area (Å²) in [5.74, 6) is -1.23. The lowest BCUT2D eigenvalue weighted by Gasteiger charge is -2.28. The minimum atomic E-state index is -0.868. The molecule has 2 amide bonds. The Kier molecular flexibility index (Phi) is 4.14. The molecular weight excluding hydrogens is 366 g/mol. The molecule has 2 saturated heterocycles. The highest BCUT2D eigenvalue weighted by Gasteiger charge is 2.60. The number of aryl methyl sites for hydroxylation is 1. The Morgan fingerprint density at radius 1 is 0.897 bits per heavy atom. The van der Waals surface area contributed by atoms with E-state index in [-0.39, 0.29) is 11.8 Å². The number of imide groups is 1. The fourth-order valence-electron chi connectivity index (χ4n) is 4.15. The molecule has 5 rings (SSSR count). The van der Waals surface area contributed by atoms with Gasteiger partial charge in [0.2, 0.25) is 5.91 Å². The Morgan fingerprint density at radius 2 is 1.66 bits per heavy atom. The van der Waals surface area contributed by atoms with E-state index >= 15 is 0 Å². The van der Waals surface area contributed by atoms with Crippen LogP contribution < -0.4 is 9.96 Å². The summed E-state index contributed by atoms with van der Waals surface area (Å²) >= 11 is 0. The first-order valence-corrected chi connectivity index (χ1v) is 9.51. The van der Waals surface area contributed by atoms with Crippen LogP contribution >= 0.6 is 0 Å². The lowest BCUT2D eigenvalue weighted by molar-refractivity contribution is -0.126. The molecule has 2 aliphatic heterocycles. The number of hydrogen-bond donors (Lipinski definition) is 0. The Labute approximate surface area is 168 Å².